The van der Waals surface area contributed by atoms with Crippen LogP contribution in [-0.2, 0) is 16.6 Å². The van der Waals surface area contributed by atoms with E-state index in [0.29, 0.717) is 12.1 Å². The summed E-state index contributed by atoms with van der Waals surface area (Å²) in [5.41, 5.74) is 1.37. The zero-order valence-electron chi connectivity index (χ0n) is 9.92. The minimum Gasteiger partial charge on any atom is -0.312 e. The van der Waals surface area contributed by atoms with E-state index in [1.165, 1.54) is 6.07 Å². The van der Waals surface area contributed by atoms with E-state index in [9.17, 15) is 18.5 Å². The molecule has 0 aliphatic heterocycles. The molecular formula is C10H15N3O4S. The monoisotopic (exact) mass is 273 g/mol. The molecule has 100 valence electrons. The van der Waals surface area contributed by atoms with Crippen molar-refractivity contribution in [3.8, 4) is 0 Å². The number of nitrogens with zero attached hydrogens (tertiary/aromatic N) is 1. The van der Waals surface area contributed by atoms with Gasteiger partial charge in [0.2, 0.25) is 10.0 Å². The third-order valence-corrected chi connectivity index (χ3v) is 3.14. The maximum atomic E-state index is 10.7. The van der Waals surface area contributed by atoms with Crippen LogP contribution in [0.1, 0.15) is 11.1 Å². The van der Waals surface area contributed by atoms with Gasteiger partial charge in [-0.15, -0.1) is 0 Å². The number of nitro benzene ring substituents is 1. The number of aryl methyl sites for hydroxylation is 1. The largest absolute Gasteiger partial charge is 0.312 e. The highest BCUT2D eigenvalue weighted by molar-refractivity contribution is 7.89. The summed E-state index contributed by atoms with van der Waals surface area (Å²) >= 11 is 0. The Morgan fingerprint density at radius 1 is 1.44 bits per heavy atom. The van der Waals surface area contributed by atoms with Crippen molar-refractivity contribution in [2.24, 2.45) is 5.14 Å². The first-order valence-corrected chi connectivity index (χ1v) is 6.96. The summed E-state index contributed by atoms with van der Waals surface area (Å²) in [4.78, 5) is 10.3. The van der Waals surface area contributed by atoms with Gasteiger partial charge in [0, 0.05) is 24.7 Å². The van der Waals surface area contributed by atoms with Crippen LogP contribution in [-0.4, -0.2) is 25.6 Å². The van der Waals surface area contributed by atoms with Crippen molar-refractivity contribution in [1.82, 2.24) is 5.32 Å². The topological polar surface area (TPSA) is 115 Å². The molecular weight excluding hydrogens is 258 g/mol. The number of nitro groups is 1. The zero-order valence-corrected chi connectivity index (χ0v) is 10.7. The van der Waals surface area contributed by atoms with Gasteiger partial charge >= 0.3 is 0 Å². The van der Waals surface area contributed by atoms with Crippen LogP contribution >= 0.6 is 0 Å². The Hall–Kier alpha value is -1.51. The number of primary sulfonamides is 1. The number of rotatable bonds is 6. The molecule has 1 aromatic rings. The third-order valence-electron chi connectivity index (χ3n) is 2.36. The van der Waals surface area contributed by atoms with E-state index in [1.54, 1.807) is 19.1 Å². The van der Waals surface area contributed by atoms with Gasteiger partial charge in [-0.05, 0) is 12.5 Å². The molecule has 0 saturated heterocycles. The van der Waals surface area contributed by atoms with Gasteiger partial charge in [0.15, 0.2) is 0 Å². The molecule has 0 radical (unpaired) electrons. The first kappa shape index (κ1) is 14.6. The molecule has 1 aromatic carbocycles. The minimum absolute atomic E-state index is 0.0562. The van der Waals surface area contributed by atoms with E-state index in [4.69, 9.17) is 5.14 Å². The Bertz CT molecular complexity index is 542. The summed E-state index contributed by atoms with van der Waals surface area (Å²) in [7, 11) is -3.48. The maximum Gasteiger partial charge on any atom is 0.272 e. The fourth-order valence-corrected chi connectivity index (χ4v) is 1.84. The molecule has 3 N–H and O–H groups in total. The van der Waals surface area contributed by atoms with E-state index >= 15 is 0 Å². The van der Waals surface area contributed by atoms with Gasteiger partial charge in [-0.25, -0.2) is 13.6 Å². The average Bonchev–Trinajstić information content (AvgIpc) is 2.24. The third kappa shape index (κ3) is 4.78. The Labute approximate surface area is 105 Å². The first-order chi connectivity index (χ1) is 8.29. The van der Waals surface area contributed by atoms with Crippen molar-refractivity contribution >= 4 is 15.7 Å². The molecule has 1 rings (SSSR count). The highest BCUT2D eigenvalue weighted by Crippen LogP contribution is 2.18. The van der Waals surface area contributed by atoms with Crippen molar-refractivity contribution in [2.75, 3.05) is 12.3 Å². The second-order valence-electron chi connectivity index (χ2n) is 3.92. The van der Waals surface area contributed by atoms with Gasteiger partial charge in [-0.1, -0.05) is 12.1 Å². The average molecular weight is 273 g/mol. The van der Waals surface area contributed by atoms with E-state index in [2.05, 4.69) is 5.32 Å². The summed E-state index contributed by atoms with van der Waals surface area (Å²) in [6, 6.07) is 4.89. The van der Waals surface area contributed by atoms with E-state index in [1.807, 2.05) is 0 Å². The summed E-state index contributed by atoms with van der Waals surface area (Å²) in [5, 5.41) is 18.4. The molecule has 0 aliphatic carbocycles. The Balaban J connectivity index is 2.58. The lowest BCUT2D eigenvalue weighted by Gasteiger charge is -2.05. The Kier molecular flexibility index (Phi) is 4.76. The molecule has 0 saturated carbocycles. The van der Waals surface area contributed by atoms with E-state index in [-0.39, 0.29) is 18.0 Å². The van der Waals surface area contributed by atoms with Crippen LogP contribution in [0.4, 0.5) is 5.69 Å². The molecule has 0 unspecified atom stereocenters. The molecule has 7 nitrogen and oxygen atoms in total. The number of sulfonamides is 1. The van der Waals surface area contributed by atoms with Crippen molar-refractivity contribution in [2.45, 2.75) is 13.5 Å². The van der Waals surface area contributed by atoms with Gasteiger partial charge in [0.25, 0.3) is 5.69 Å². The number of nitrogens with one attached hydrogen (secondary N) is 1. The molecule has 18 heavy (non-hydrogen) atoms. The predicted octanol–water partition coefficient (Wildman–Crippen LogP) is 0.281. The van der Waals surface area contributed by atoms with Crippen LogP contribution in [0.3, 0.4) is 0 Å². The van der Waals surface area contributed by atoms with Gasteiger partial charge < -0.3 is 5.32 Å². The number of hydrogen-bond donors (Lipinski definition) is 2. The molecule has 0 aliphatic rings. The second kappa shape index (κ2) is 5.89. The normalized spacial score (nSPS) is 11.4. The lowest BCUT2D eigenvalue weighted by Crippen LogP contribution is -2.26. The molecule has 0 heterocycles. The maximum absolute atomic E-state index is 10.7. The zero-order chi connectivity index (χ0) is 13.8. The Morgan fingerprint density at radius 2 is 2.11 bits per heavy atom. The van der Waals surface area contributed by atoms with Crippen LogP contribution in [0.25, 0.3) is 0 Å². The van der Waals surface area contributed by atoms with Crippen molar-refractivity contribution < 1.29 is 13.3 Å². The number of benzene rings is 1. The standard InChI is InChI=1S/C10H15N3O4S/c1-8-2-3-9(6-10(8)13(14)15)7-12-4-5-18(11,16)17/h2-3,6,12H,4-5,7H2,1H3,(H2,11,16,17). The van der Waals surface area contributed by atoms with E-state index in [0.717, 1.165) is 5.56 Å². The fourth-order valence-electron chi connectivity index (χ4n) is 1.41. The van der Waals surface area contributed by atoms with Gasteiger partial charge in [-0.2, -0.15) is 0 Å². The van der Waals surface area contributed by atoms with E-state index < -0.39 is 14.9 Å². The summed E-state index contributed by atoms with van der Waals surface area (Å²) < 4.78 is 21.4. The SMILES string of the molecule is Cc1ccc(CNCCS(N)(=O)=O)cc1[N+](=O)[O-]. The fraction of sp³-hybridized carbons (Fsp3) is 0.400. The van der Waals surface area contributed by atoms with Gasteiger partial charge in [-0.3, -0.25) is 10.1 Å². The number of nitrogens with two attached hydrogens (primary N) is 1. The minimum atomic E-state index is -3.48. The lowest BCUT2D eigenvalue weighted by molar-refractivity contribution is -0.385. The van der Waals surface area contributed by atoms with Crippen LogP contribution < -0.4 is 10.5 Å². The highest BCUT2D eigenvalue weighted by Gasteiger charge is 2.10. The summed E-state index contributed by atoms with van der Waals surface area (Å²) in [6.45, 7) is 2.23. The highest BCUT2D eigenvalue weighted by atomic mass is 32.2. The number of hydrogen-bond acceptors (Lipinski definition) is 5. The van der Waals surface area contributed by atoms with Crippen molar-refractivity contribution in [1.29, 1.82) is 0 Å². The molecule has 0 fully saturated rings. The molecule has 0 bridgehead atoms. The van der Waals surface area contributed by atoms with Crippen molar-refractivity contribution in [3.05, 3.63) is 39.4 Å². The van der Waals surface area contributed by atoms with Gasteiger partial charge in [0.05, 0.1) is 10.7 Å². The molecule has 0 aromatic heterocycles. The second-order valence-corrected chi connectivity index (χ2v) is 5.66. The van der Waals surface area contributed by atoms with Gasteiger partial charge in [0.1, 0.15) is 0 Å². The van der Waals surface area contributed by atoms with Crippen molar-refractivity contribution in [3.63, 3.8) is 0 Å². The van der Waals surface area contributed by atoms with Crippen LogP contribution in [0.5, 0.6) is 0 Å². The molecule has 0 spiro atoms. The molecule has 0 atom stereocenters. The van der Waals surface area contributed by atoms with Crippen LogP contribution in [0, 0.1) is 17.0 Å². The smallest absolute Gasteiger partial charge is 0.272 e. The lowest BCUT2D eigenvalue weighted by atomic mass is 10.1. The summed E-state index contributed by atoms with van der Waals surface area (Å²) in [5.74, 6) is -0.166. The predicted molar refractivity (Wildman–Crippen MR) is 67.5 cm³/mol. The quantitative estimate of drug-likeness (QED) is 0.439. The molecule has 8 heteroatoms. The first-order valence-electron chi connectivity index (χ1n) is 5.25. The van der Waals surface area contributed by atoms with Crippen LogP contribution in [0.15, 0.2) is 18.2 Å². The Morgan fingerprint density at radius 3 is 2.67 bits per heavy atom. The van der Waals surface area contributed by atoms with Crippen LogP contribution in [0.2, 0.25) is 0 Å². The summed E-state index contributed by atoms with van der Waals surface area (Å²) in [6.07, 6.45) is 0. The molecule has 0 amide bonds.